The quantitative estimate of drug-likeness (QED) is 0.521. The molecule has 20 heavy (non-hydrogen) atoms. The molecule has 1 aromatic carbocycles. The minimum absolute atomic E-state index is 0.102. The maximum Gasteiger partial charge on any atom is 0.328 e. The van der Waals surface area contributed by atoms with Crippen molar-refractivity contribution in [3.8, 4) is 17.7 Å². The molecule has 0 fully saturated rings. The van der Waals surface area contributed by atoms with Crippen molar-refractivity contribution in [2.75, 3.05) is 5.43 Å². The lowest BCUT2D eigenvalue weighted by atomic mass is 10.3. The van der Waals surface area contributed by atoms with E-state index in [-0.39, 0.29) is 17.9 Å². The number of para-hydroxylation sites is 1. The highest BCUT2D eigenvalue weighted by Gasteiger charge is 2.09. The third-order valence-corrected chi connectivity index (χ3v) is 2.31. The number of nitrogen functional groups attached to an aromatic ring is 1. The van der Waals surface area contributed by atoms with E-state index in [0.717, 1.165) is 0 Å². The third kappa shape index (κ3) is 2.52. The van der Waals surface area contributed by atoms with E-state index in [1.165, 1.54) is 17.3 Å². The van der Waals surface area contributed by atoms with Crippen LogP contribution in [0, 0.1) is 0 Å². The number of rotatable bonds is 4. The van der Waals surface area contributed by atoms with E-state index in [9.17, 15) is 0 Å². The van der Waals surface area contributed by atoms with Gasteiger partial charge in [-0.3, -0.25) is 5.43 Å². The molecular formula is C11H10N8O. The predicted molar refractivity (Wildman–Crippen MR) is 69.1 cm³/mol. The normalized spacial score (nSPS) is 10.2. The lowest BCUT2D eigenvalue weighted by Crippen LogP contribution is -2.14. The third-order valence-electron chi connectivity index (χ3n) is 2.31. The van der Waals surface area contributed by atoms with Gasteiger partial charge in [-0.2, -0.15) is 24.7 Å². The summed E-state index contributed by atoms with van der Waals surface area (Å²) in [4.78, 5) is 16.0. The van der Waals surface area contributed by atoms with Crippen molar-refractivity contribution in [3.63, 3.8) is 0 Å². The van der Waals surface area contributed by atoms with Gasteiger partial charge < -0.3 is 4.74 Å². The van der Waals surface area contributed by atoms with Gasteiger partial charge in [-0.1, -0.05) is 18.2 Å². The van der Waals surface area contributed by atoms with Crippen molar-refractivity contribution in [3.05, 3.63) is 43.0 Å². The first-order chi connectivity index (χ1) is 9.85. The second kappa shape index (κ2) is 5.28. The monoisotopic (exact) mass is 270 g/mol. The van der Waals surface area contributed by atoms with Crippen molar-refractivity contribution in [1.29, 1.82) is 0 Å². The zero-order valence-electron chi connectivity index (χ0n) is 10.2. The first-order valence-electron chi connectivity index (χ1n) is 5.66. The number of benzene rings is 1. The van der Waals surface area contributed by atoms with Crippen LogP contribution in [0.4, 0.5) is 5.95 Å². The number of aromatic nitrogens is 6. The van der Waals surface area contributed by atoms with E-state index >= 15 is 0 Å². The van der Waals surface area contributed by atoms with E-state index in [0.29, 0.717) is 5.75 Å². The molecule has 3 N–H and O–H groups in total. The topological polar surface area (TPSA) is 117 Å². The summed E-state index contributed by atoms with van der Waals surface area (Å²) >= 11 is 0. The molecule has 0 spiro atoms. The van der Waals surface area contributed by atoms with Crippen LogP contribution in [0.2, 0.25) is 0 Å². The van der Waals surface area contributed by atoms with Crippen molar-refractivity contribution >= 4 is 5.95 Å². The van der Waals surface area contributed by atoms with Gasteiger partial charge in [0.05, 0.1) is 0 Å². The van der Waals surface area contributed by atoms with E-state index < -0.39 is 0 Å². The molecule has 0 aliphatic carbocycles. The molecule has 0 bridgehead atoms. The summed E-state index contributed by atoms with van der Waals surface area (Å²) in [6.07, 6.45) is 2.83. The average Bonchev–Trinajstić information content (AvgIpc) is 3.02. The second-order valence-corrected chi connectivity index (χ2v) is 3.64. The number of anilines is 1. The lowest BCUT2D eigenvalue weighted by Gasteiger charge is -2.07. The van der Waals surface area contributed by atoms with E-state index in [2.05, 4.69) is 30.5 Å². The summed E-state index contributed by atoms with van der Waals surface area (Å²) in [6, 6.07) is 9.25. The van der Waals surface area contributed by atoms with Gasteiger partial charge in [0.15, 0.2) is 0 Å². The lowest BCUT2D eigenvalue weighted by molar-refractivity contribution is 0.438. The van der Waals surface area contributed by atoms with Crippen LogP contribution in [-0.2, 0) is 0 Å². The first-order valence-corrected chi connectivity index (χ1v) is 5.66. The van der Waals surface area contributed by atoms with Crippen LogP contribution in [0.15, 0.2) is 43.0 Å². The Balaban J connectivity index is 1.96. The molecule has 0 atom stereocenters. The highest BCUT2D eigenvalue weighted by atomic mass is 16.5. The highest BCUT2D eigenvalue weighted by Crippen LogP contribution is 2.18. The Hall–Kier alpha value is -3.07. The van der Waals surface area contributed by atoms with Gasteiger partial charge in [-0.05, 0) is 12.1 Å². The largest absolute Gasteiger partial charge is 0.424 e. The van der Waals surface area contributed by atoms with Gasteiger partial charge in [0.2, 0.25) is 5.95 Å². The van der Waals surface area contributed by atoms with Gasteiger partial charge in [0, 0.05) is 0 Å². The Morgan fingerprint density at radius 2 is 1.95 bits per heavy atom. The fourth-order valence-corrected chi connectivity index (χ4v) is 1.46. The van der Waals surface area contributed by atoms with E-state index in [4.69, 9.17) is 10.6 Å². The fourth-order valence-electron chi connectivity index (χ4n) is 1.46. The molecule has 0 saturated carbocycles. The molecule has 100 valence electrons. The van der Waals surface area contributed by atoms with Gasteiger partial charge in [-0.15, -0.1) is 0 Å². The minimum atomic E-state index is 0.102. The number of nitrogens with two attached hydrogens (primary N) is 1. The Morgan fingerprint density at radius 1 is 1.10 bits per heavy atom. The fraction of sp³-hybridized carbons (Fsp3) is 0. The predicted octanol–water partition coefficient (Wildman–Crippen LogP) is 0.530. The van der Waals surface area contributed by atoms with E-state index in [1.807, 2.05) is 18.2 Å². The van der Waals surface area contributed by atoms with Crippen LogP contribution in [0.25, 0.3) is 5.95 Å². The van der Waals surface area contributed by atoms with E-state index in [1.54, 1.807) is 12.1 Å². The molecule has 2 aromatic heterocycles. The minimum Gasteiger partial charge on any atom is -0.424 e. The first kappa shape index (κ1) is 12.0. The number of ether oxygens (including phenoxy) is 1. The number of hydrogen-bond acceptors (Lipinski definition) is 8. The molecule has 3 rings (SSSR count). The molecule has 2 heterocycles. The summed E-state index contributed by atoms with van der Waals surface area (Å²) in [5.41, 5.74) is 2.35. The number of hydrazine groups is 1. The zero-order chi connectivity index (χ0) is 13.8. The standard InChI is InChI=1S/C11H10N8O/c12-18-9-15-10(19-7-13-6-14-19)17-11(16-9)20-8-4-2-1-3-5-8/h1-7H,12H2,(H,15,16,17,18). The zero-order valence-corrected chi connectivity index (χ0v) is 10.2. The van der Waals surface area contributed by atoms with Crippen LogP contribution in [0.3, 0.4) is 0 Å². The molecule has 0 unspecified atom stereocenters. The molecule has 0 saturated heterocycles. The molecule has 9 nitrogen and oxygen atoms in total. The maximum atomic E-state index is 5.54. The van der Waals surface area contributed by atoms with Gasteiger partial charge in [0.25, 0.3) is 5.95 Å². The molecule has 0 amide bonds. The van der Waals surface area contributed by atoms with Crippen molar-refractivity contribution in [1.82, 2.24) is 29.7 Å². The smallest absolute Gasteiger partial charge is 0.328 e. The van der Waals surface area contributed by atoms with Crippen LogP contribution in [0.1, 0.15) is 0 Å². The average molecular weight is 270 g/mol. The Kier molecular flexibility index (Phi) is 3.17. The molecule has 9 heteroatoms. The SMILES string of the molecule is NNc1nc(Oc2ccccc2)nc(-n2cncn2)n1. The van der Waals surface area contributed by atoms with Crippen LogP contribution < -0.4 is 16.0 Å². The number of nitrogens with one attached hydrogen (secondary N) is 1. The van der Waals surface area contributed by atoms with Crippen LogP contribution in [0.5, 0.6) is 11.8 Å². The summed E-state index contributed by atoms with van der Waals surface area (Å²) < 4.78 is 6.92. The van der Waals surface area contributed by atoms with Crippen molar-refractivity contribution in [2.24, 2.45) is 5.84 Å². The van der Waals surface area contributed by atoms with Crippen molar-refractivity contribution < 1.29 is 4.74 Å². The summed E-state index contributed by atoms with van der Waals surface area (Å²) in [7, 11) is 0. The Labute approximate surface area is 113 Å². The number of hydrogen-bond donors (Lipinski definition) is 2. The second-order valence-electron chi connectivity index (χ2n) is 3.64. The molecule has 0 aliphatic rings. The maximum absolute atomic E-state index is 5.54. The molecule has 0 radical (unpaired) electrons. The van der Waals surface area contributed by atoms with Crippen LogP contribution >= 0.6 is 0 Å². The highest BCUT2D eigenvalue weighted by molar-refractivity contribution is 5.30. The van der Waals surface area contributed by atoms with Gasteiger partial charge in [0.1, 0.15) is 18.4 Å². The molecule has 0 aliphatic heterocycles. The Morgan fingerprint density at radius 3 is 2.65 bits per heavy atom. The summed E-state index contributed by atoms with van der Waals surface area (Å²) in [5.74, 6) is 6.34. The van der Waals surface area contributed by atoms with Gasteiger partial charge in [-0.25, -0.2) is 10.8 Å². The molecule has 3 aromatic rings. The summed E-state index contributed by atoms with van der Waals surface area (Å²) in [5, 5.41) is 3.94. The summed E-state index contributed by atoms with van der Waals surface area (Å²) in [6.45, 7) is 0. The van der Waals surface area contributed by atoms with Gasteiger partial charge >= 0.3 is 6.01 Å². The molecular weight excluding hydrogens is 260 g/mol. The Bertz CT molecular complexity index is 685. The van der Waals surface area contributed by atoms with Crippen molar-refractivity contribution in [2.45, 2.75) is 0 Å². The number of nitrogens with zero attached hydrogens (tertiary/aromatic N) is 6. The van der Waals surface area contributed by atoms with Crippen LogP contribution in [-0.4, -0.2) is 29.7 Å².